The Morgan fingerprint density at radius 1 is 0.500 bits per heavy atom. The highest BCUT2D eigenvalue weighted by Crippen LogP contribution is 2.43. The Hall–Kier alpha value is -7.78. The average molecular weight is 707 g/mol. The zero-order valence-electron chi connectivity index (χ0n) is 29.1. The predicted octanol–water partition coefficient (Wildman–Crippen LogP) is 7.94. The van der Waals surface area contributed by atoms with E-state index < -0.39 is 0 Å². The molecule has 12 heteroatoms. The van der Waals surface area contributed by atoms with Crippen molar-refractivity contribution in [2.24, 2.45) is 10.2 Å². The highest BCUT2D eigenvalue weighted by atomic mass is 16.5. The van der Waals surface area contributed by atoms with Crippen molar-refractivity contribution in [2.75, 3.05) is 14.1 Å². The number of rotatable bonds is 8. The summed E-state index contributed by atoms with van der Waals surface area (Å²) in [6.45, 7) is 0. The Labute approximate surface area is 308 Å². The second-order valence-electron chi connectivity index (χ2n) is 12.8. The molecule has 0 amide bonds. The molecule has 0 radical (unpaired) electrons. The molecule has 2 aliphatic heterocycles. The molecule has 0 atom stereocenters. The van der Waals surface area contributed by atoms with Gasteiger partial charge in [-0.25, -0.2) is 9.97 Å². The van der Waals surface area contributed by atoms with Crippen molar-refractivity contribution in [2.45, 2.75) is 0 Å². The number of benzene rings is 4. The number of aromatic nitrogens is 4. The predicted molar refractivity (Wildman–Crippen MR) is 205 cm³/mol. The fourth-order valence-corrected chi connectivity index (χ4v) is 6.86. The summed E-state index contributed by atoms with van der Waals surface area (Å²) in [4.78, 5) is 9.65. The molecule has 0 saturated heterocycles. The first kappa shape index (κ1) is 31.0. The third-order valence-electron chi connectivity index (χ3n) is 9.14. The molecule has 6 heterocycles. The fraction of sp³-hybridized carbons (Fsp3) is 0.0476. The molecule has 10 rings (SSSR count). The van der Waals surface area contributed by atoms with Crippen LogP contribution in [0.2, 0.25) is 0 Å². The van der Waals surface area contributed by atoms with Gasteiger partial charge in [0.25, 0.3) is 5.69 Å². The van der Waals surface area contributed by atoms with Gasteiger partial charge in [0.2, 0.25) is 10.8 Å². The molecule has 256 valence electrons. The summed E-state index contributed by atoms with van der Waals surface area (Å²) in [6, 6.07) is 46.0. The summed E-state index contributed by atoms with van der Waals surface area (Å²) in [5.74, 6) is 4.27. The van der Waals surface area contributed by atoms with Crippen LogP contribution < -0.4 is 9.47 Å². The van der Waals surface area contributed by atoms with Gasteiger partial charge in [-0.05, 0) is 66.7 Å². The number of hydrogen-bond acceptors (Lipinski definition) is 6. The van der Waals surface area contributed by atoms with E-state index in [1.165, 1.54) is 0 Å². The maximum Gasteiger partial charge on any atom is 0.524 e. The van der Waals surface area contributed by atoms with Crippen molar-refractivity contribution in [3.05, 3.63) is 134 Å². The Balaban J connectivity index is 1.14. The molecule has 0 unspecified atom stereocenters. The second-order valence-corrected chi connectivity index (χ2v) is 12.8. The van der Waals surface area contributed by atoms with E-state index in [2.05, 4.69) is 55.6 Å². The van der Waals surface area contributed by atoms with E-state index in [0.29, 0.717) is 23.0 Å². The molecular formula is C42H30N10O2+4. The van der Waals surface area contributed by atoms with Gasteiger partial charge in [0.1, 0.15) is 46.4 Å². The van der Waals surface area contributed by atoms with Gasteiger partial charge < -0.3 is 9.47 Å². The summed E-state index contributed by atoms with van der Waals surface area (Å²) in [7, 11) is 3.77. The van der Waals surface area contributed by atoms with Crippen LogP contribution >= 0.6 is 0 Å². The standard InChI is InChI=1S/C42H30N10O2/c1-47-25-45-49(27-47)29-9-7-11-31(21-29)53-33-15-17-35-37(23-33)51(39-13-3-5-19-43-39)42-36-18-16-34(24-38(36)52(41(35)42)40-14-4-6-20-44-40)54-32-12-8-10-30(22-32)50-28-48(2)26-46-50/h3-26H,1-2H3/q+4. The topological polar surface area (TPSA) is 90.9 Å². The lowest BCUT2D eigenvalue weighted by Crippen LogP contribution is -1.97. The first-order valence-corrected chi connectivity index (χ1v) is 17.2. The quantitative estimate of drug-likeness (QED) is 0.150. The summed E-state index contributed by atoms with van der Waals surface area (Å²) >= 11 is 0. The molecule has 0 N–H and O–H groups in total. The lowest BCUT2D eigenvalue weighted by Gasteiger charge is -2.11. The lowest BCUT2D eigenvalue weighted by atomic mass is 10.2. The van der Waals surface area contributed by atoms with E-state index in [1.807, 2.05) is 124 Å². The van der Waals surface area contributed by atoms with Gasteiger partial charge in [-0.2, -0.15) is 0 Å². The molecule has 8 aromatic rings. The zero-order valence-corrected chi connectivity index (χ0v) is 29.1. The lowest BCUT2D eigenvalue weighted by molar-refractivity contribution is -0.449. The van der Waals surface area contributed by atoms with Gasteiger partial charge in [-0.15, -0.1) is 4.58 Å². The maximum atomic E-state index is 6.49. The number of hydrazone groups is 2. The first-order valence-electron chi connectivity index (χ1n) is 17.2. The molecule has 12 nitrogen and oxygen atoms in total. The Kier molecular flexibility index (Phi) is 7.16. The molecular weight excluding hydrogens is 677 g/mol. The molecule has 2 aliphatic rings. The van der Waals surface area contributed by atoms with Crippen molar-refractivity contribution < 1.29 is 28.0 Å². The summed E-state index contributed by atoms with van der Waals surface area (Å²) in [5, 5.41) is 10.8. The molecule has 0 bridgehead atoms. The average Bonchev–Trinajstić information content (AvgIpc) is 3.99. The SMILES string of the molecule is C[N+]1=C=[N+](c2cccc(Oc3ccc4c(c3)n(-c3ccccn3)c3c5ccc(Oc6cccc([N+]7=C=[N+](C)C=N7)c6)cc5n(-c5ccccn5)c43)c2)N=C1. The van der Waals surface area contributed by atoms with Crippen molar-refractivity contribution in [3.63, 3.8) is 0 Å². The third kappa shape index (κ3) is 5.35. The van der Waals surface area contributed by atoms with E-state index in [4.69, 9.17) is 19.4 Å². The van der Waals surface area contributed by atoms with Crippen LogP contribution in [-0.2, 0) is 0 Å². The van der Waals surface area contributed by atoms with Crippen molar-refractivity contribution in [1.82, 2.24) is 19.1 Å². The van der Waals surface area contributed by atoms with Crippen LogP contribution in [0.5, 0.6) is 23.0 Å². The number of fused-ring (bicyclic) bond motifs is 5. The molecule has 0 fully saturated rings. The van der Waals surface area contributed by atoms with E-state index in [9.17, 15) is 0 Å². The van der Waals surface area contributed by atoms with E-state index in [-0.39, 0.29) is 0 Å². The van der Waals surface area contributed by atoms with Gasteiger partial charge in [0.15, 0.2) is 7.05 Å². The highest BCUT2D eigenvalue weighted by molar-refractivity contribution is 6.20. The van der Waals surface area contributed by atoms with Crippen LogP contribution in [0.3, 0.4) is 0 Å². The number of ether oxygens (including phenoxy) is 2. The third-order valence-corrected chi connectivity index (χ3v) is 9.14. The summed E-state index contributed by atoms with van der Waals surface area (Å²) < 4.78 is 24.3. The Morgan fingerprint density at radius 2 is 0.963 bits per heavy atom. The van der Waals surface area contributed by atoms with Crippen LogP contribution in [0.15, 0.2) is 144 Å². The molecule has 0 spiro atoms. The minimum absolute atomic E-state index is 0.678. The Morgan fingerprint density at radius 3 is 1.37 bits per heavy atom. The molecule has 54 heavy (non-hydrogen) atoms. The van der Waals surface area contributed by atoms with Crippen LogP contribution in [0.25, 0.3) is 44.5 Å². The van der Waals surface area contributed by atoms with Gasteiger partial charge in [0, 0.05) is 47.4 Å². The normalized spacial score (nSPS) is 13.4. The van der Waals surface area contributed by atoms with Crippen molar-refractivity contribution in [3.8, 4) is 34.6 Å². The van der Waals surface area contributed by atoms with E-state index in [0.717, 1.165) is 55.8 Å². The van der Waals surface area contributed by atoms with Crippen molar-refractivity contribution in [1.29, 1.82) is 0 Å². The molecule has 0 aliphatic carbocycles. The Bertz CT molecular complexity index is 2830. The largest absolute Gasteiger partial charge is 0.524 e. The maximum absolute atomic E-state index is 6.49. The van der Waals surface area contributed by atoms with Gasteiger partial charge in [-0.1, -0.05) is 28.8 Å². The highest BCUT2D eigenvalue weighted by Gasteiger charge is 2.25. The fourth-order valence-electron chi connectivity index (χ4n) is 6.86. The van der Waals surface area contributed by atoms with Gasteiger partial charge in [0.05, 0.1) is 37.9 Å². The molecule has 0 saturated carbocycles. The number of nitrogens with zero attached hydrogens (tertiary/aromatic N) is 10. The number of hydrogen-bond donors (Lipinski definition) is 0. The van der Waals surface area contributed by atoms with E-state index in [1.54, 1.807) is 31.2 Å². The second kappa shape index (κ2) is 12.5. The van der Waals surface area contributed by atoms with Crippen LogP contribution in [0.1, 0.15) is 0 Å². The van der Waals surface area contributed by atoms with Crippen LogP contribution in [0.4, 0.5) is 11.4 Å². The van der Waals surface area contributed by atoms with Gasteiger partial charge >= 0.3 is 24.7 Å². The molecule has 4 aromatic carbocycles. The number of pyridine rings is 2. The van der Waals surface area contributed by atoms with E-state index >= 15 is 0 Å². The summed E-state index contributed by atoms with van der Waals surface area (Å²) in [5.41, 5.74) is 5.53. The van der Waals surface area contributed by atoms with Crippen molar-refractivity contribution >= 4 is 68.9 Å². The van der Waals surface area contributed by atoms with Gasteiger partial charge in [-0.3, -0.25) is 9.13 Å². The smallest absolute Gasteiger partial charge is 0.457 e. The monoisotopic (exact) mass is 706 g/mol. The minimum atomic E-state index is 0.678. The first-order chi connectivity index (χ1) is 26.6. The molecule has 4 aromatic heterocycles. The minimum Gasteiger partial charge on any atom is -0.457 e. The zero-order chi connectivity index (χ0) is 36.2. The summed E-state index contributed by atoms with van der Waals surface area (Å²) in [6.07, 6.45) is 7.02. The van der Waals surface area contributed by atoms with Crippen LogP contribution in [-0.4, -0.2) is 76.4 Å². The van der Waals surface area contributed by atoms with Crippen LogP contribution in [0, 0.1) is 0 Å².